The number of ether oxygens (including phenoxy) is 1. The average Bonchev–Trinajstić information content (AvgIpc) is 3.54. The molecule has 1 unspecified atom stereocenters. The summed E-state index contributed by atoms with van der Waals surface area (Å²) in [5.41, 5.74) is 0.402. The summed E-state index contributed by atoms with van der Waals surface area (Å²) in [4.78, 5) is 34.5. The summed E-state index contributed by atoms with van der Waals surface area (Å²) < 4.78 is 48.0. The van der Waals surface area contributed by atoms with Crippen LogP contribution in [0.25, 0.3) is 17.1 Å². The molecule has 5 rings (SSSR count). The summed E-state index contributed by atoms with van der Waals surface area (Å²) >= 11 is 5.93. The molecule has 41 heavy (non-hydrogen) atoms. The second kappa shape index (κ2) is 11.9. The zero-order valence-electron chi connectivity index (χ0n) is 21.5. The van der Waals surface area contributed by atoms with E-state index in [9.17, 15) is 27.9 Å². The lowest BCUT2D eigenvalue weighted by molar-refractivity contribution is -0.207. The fourth-order valence-electron chi connectivity index (χ4n) is 4.47. The van der Waals surface area contributed by atoms with Crippen molar-refractivity contribution in [3.63, 3.8) is 0 Å². The first kappa shape index (κ1) is 28.6. The molecule has 4 heterocycles. The van der Waals surface area contributed by atoms with Crippen molar-refractivity contribution in [3.8, 4) is 17.1 Å². The van der Waals surface area contributed by atoms with Crippen molar-refractivity contribution in [2.45, 2.75) is 57.2 Å². The van der Waals surface area contributed by atoms with Crippen LogP contribution in [0.1, 0.15) is 30.8 Å². The number of benzene rings is 1. The summed E-state index contributed by atoms with van der Waals surface area (Å²) in [6.07, 6.45) is -2.72. The molecule has 11 nitrogen and oxygen atoms in total. The van der Waals surface area contributed by atoms with Crippen LogP contribution in [-0.4, -0.2) is 70.0 Å². The molecule has 0 bridgehead atoms. The number of aliphatic hydroxyl groups excluding tert-OH is 1. The molecule has 4 aromatic rings. The number of aliphatic hydroxyl groups is 1. The number of Topliss-reactive ketones (excluding diaryl/α,β-unsaturated/α-hetero) is 1. The lowest BCUT2D eigenvalue weighted by Gasteiger charge is -2.21. The standard InChI is InChI=1S/C26H25ClF3N7O4/c27-17-8-6-16(7-9-17)24-34-36(25(40)35(24)13-22(39)26(28,29)30)14-23-32-15-37(33-23)19-4-3-10-31-18(19)12-20(38)21-5-1-2-11-41-21/h3-4,6-10,15,21-22,39H,1-2,5,11-14H2/t21?,22-/m0/s1. The molecule has 1 N–H and O–H groups in total. The van der Waals surface area contributed by atoms with Gasteiger partial charge in [0.15, 0.2) is 23.5 Å². The predicted molar refractivity (Wildman–Crippen MR) is 140 cm³/mol. The molecular formula is C26H25ClF3N7O4. The Morgan fingerprint density at radius 1 is 1.15 bits per heavy atom. The number of ketones is 1. The van der Waals surface area contributed by atoms with Gasteiger partial charge >= 0.3 is 11.9 Å². The third-order valence-corrected chi connectivity index (χ3v) is 6.83. The summed E-state index contributed by atoms with van der Waals surface area (Å²) in [6.45, 7) is -0.784. The van der Waals surface area contributed by atoms with Crippen molar-refractivity contribution >= 4 is 17.4 Å². The SMILES string of the molecule is O=C(Cc1ncccc1-n1cnc(Cn2nc(-c3ccc(Cl)cc3)n(C[C@H](O)C(F)(F)F)c2=O)n1)C1CCCCO1. The summed E-state index contributed by atoms with van der Waals surface area (Å²) in [5.74, 6) is -0.0437. The highest BCUT2D eigenvalue weighted by Gasteiger charge is 2.39. The second-order valence-electron chi connectivity index (χ2n) is 9.51. The zero-order chi connectivity index (χ0) is 29.1. The number of pyridine rings is 1. The van der Waals surface area contributed by atoms with E-state index in [2.05, 4.69) is 20.2 Å². The number of carbonyl (C=O) groups is 1. The molecule has 216 valence electrons. The van der Waals surface area contributed by atoms with E-state index in [1.54, 1.807) is 18.3 Å². The Labute approximate surface area is 236 Å². The summed E-state index contributed by atoms with van der Waals surface area (Å²) in [6, 6.07) is 9.41. The number of halogens is 4. The molecule has 0 amide bonds. The number of hydrogen-bond acceptors (Lipinski definition) is 8. The van der Waals surface area contributed by atoms with Gasteiger partial charge in [0.2, 0.25) is 0 Å². The van der Waals surface area contributed by atoms with Crippen LogP contribution in [0.3, 0.4) is 0 Å². The molecule has 3 aromatic heterocycles. The normalized spacial score (nSPS) is 16.6. The van der Waals surface area contributed by atoms with Crippen LogP contribution in [0.5, 0.6) is 0 Å². The van der Waals surface area contributed by atoms with E-state index in [1.807, 2.05) is 0 Å². The maximum Gasteiger partial charge on any atom is 0.416 e. The molecular weight excluding hydrogens is 567 g/mol. The van der Waals surface area contributed by atoms with Gasteiger partial charge in [-0.15, -0.1) is 10.2 Å². The van der Waals surface area contributed by atoms with Gasteiger partial charge in [0, 0.05) is 23.4 Å². The van der Waals surface area contributed by atoms with Gasteiger partial charge in [0.05, 0.1) is 24.3 Å². The highest BCUT2D eigenvalue weighted by molar-refractivity contribution is 6.30. The maximum absolute atomic E-state index is 13.1. The minimum absolute atomic E-state index is 0.0336. The second-order valence-corrected chi connectivity index (χ2v) is 9.95. The lowest BCUT2D eigenvalue weighted by atomic mass is 10.0. The van der Waals surface area contributed by atoms with Gasteiger partial charge in [-0.3, -0.25) is 14.3 Å². The molecule has 1 aliphatic rings. The van der Waals surface area contributed by atoms with Crippen molar-refractivity contribution in [1.29, 1.82) is 0 Å². The molecule has 2 atom stereocenters. The number of nitrogens with zero attached hydrogens (tertiary/aromatic N) is 7. The molecule has 1 aliphatic heterocycles. The summed E-state index contributed by atoms with van der Waals surface area (Å²) in [7, 11) is 0. The van der Waals surface area contributed by atoms with Gasteiger partial charge in [0.25, 0.3) is 0 Å². The summed E-state index contributed by atoms with van der Waals surface area (Å²) in [5, 5.41) is 18.7. The fourth-order valence-corrected chi connectivity index (χ4v) is 4.59. The van der Waals surface area contributed by atoms with E-state index in [0.29, 0.717) is 35.0 Å². The van der Waals surface area contributed by atoms with E-state index >= 15 is 0 Å². The van der Waals surface area contributed by atoms with E-state index in [-0.39, 0.29) is 30.4 Å². The monoisotopic (exact) mass is 591 g/mol. The zero-order valence-corrected chi connectivity index (χ0v) is 22.3. The van der Waals surface area contributed by atoms with Crippen LogP contribution < -0.4 is 5.69 Å². The highest BCUT2D eigenvalue weighted by Crippen LogP contribution is 2.24. The van der Waals surface area contributed by atoms with Crippen LogP contribution in [0.15, 0.2) is 53.7 Å². The molecule has 0 radical (unpaired) electrons. The quantitative estimate of drug-likeness (QED) is 0.314. The maximum atomic E-state index is 13.1. The third-order valence-electron chi connectivity index (χ3n) is 6.58. The van der Waals surface area contributed by atoms with E-state index in [1.165, 1.54) is 35.3 Å². The van der Waals surface area contributed by atoms with Crippen molar-refractivity contribution in [2.24, 2.45) is 0 Å². The smallest absolute Gasteiger partial charge is 0.382 e. The Hall–Kier alpha value is -3.88. The largest absolute Gasteiger partial charge is 0.416 e. The number of carbonyl (C=O) groups excluding carboxylic acids is 1. The van der Waals surface area contributed by atoms with Crippen molar-refractivity contribution in [3.05, 3.63) is 75.9 Å². The van der Waals surface area contributed by atoms with Crippen LogP contribution >= 0.6 is 11.6 Å². The van der Waals surface area contributed by atoms with Crippen LogP contribution in [0.2, 0.25) is 5.02 Å². The van der Waals surface area contributed by atoms with Gasteiger partial charge < -0.3 is 9.84 Å². The van der Waals surface area contributed by atoms with Crippen LogP contribution in [-0.2, 0) is 29.0 Å². The molecule has 1 saturated heterocycles. The van der Waals surface area contributed by atoms with Gasteiger partial charge in [0.1, 0.15) is 19.0 Å². The van der Waals surface area contributed by atoms with Crippen molar-refractivity contribution in [1.82, 2.24) is 34.1 Å². The van der Waals surface area contributed by atoms with Gasteiger partial charge in [-0.2, -0.15) is 13.2 Å². The molecule has 0 spiro atoms. The van der Waals surface area contributed by atoms with Gasteiger partial charge in [-0.25, -0.2) is 19.1 Å². The Morgan fingerprint density at radius 3 is 2.63 bits per heavy atom. The third kappa shape index (κ3) is 6.55. The Balaban J connectivity index is 1.41. The lowest BCUT2D eigenvalue weighted by Crippen LogP contribution is -2.37. The van der Waals surface area contributed by atoms with E-state index in [4.69, 9.17) is 16.3 Å². The Kier molecular flexibility index (Phi) is 8.33. The Morgan fingerprint density at radius 2 is 1.93 bits per heavy atom. The number of aromatic nitrogens is 7. The van der Waals surface area contributed by atoms with Crippen LogP contribution in [0.4, 0.5) is 13.2 Å². The molecule has 15 heteroatoms. The topological polar surface area (TPSA) is 130 Å². The first-order chi connectivity index (χ1) is 19.6. The van der Waals surface area contributed by atoms with Crippen molar-refractivity contribution in [2.75, 3.05) is 6.61 Å². The number of hydrogen-bond donors (Lipinski definition) is 1. The first-order valence-corrected chi connectivity index (χ1v) is 13.2. The fraction of sp³-hybridized carbons (Fsp3) is 0.385. The molecule has 0 saturated carbocycles. The number of alkyl halides is 3. The minimum Gasteiger partial charge on any atom is -0.382 e. The number of rotatable bonds is 9. The van der Waals surface area contributed by atoms with E-state index in [0.717, 1.165) is 22.1 Å². The average molecular weight is 592 g/mol. The van der Waals surface area contributed by atoms with E-state index < -0.39 is 30.6 Å². The van der Waals surface area contributed by atoms with Crippen molar-refractivity contribution < 1.29 is 27.8 Å². The molecule has 1 fully saturated rings. The predicted octanol–water partition coefficient (Wildman–Crippen LogP) is 2.99. The highest BCUT2D eigenvalue weighted by atomic mass is 35.5. The van der Waals surface area contributed by atoms with Gasteiger partial charge in [-0.05, 0) is 55.7 Å². The Bertz CT molecular complexity index is 1580. The molecule has 0 aliphatic carbocycles. The van der Waals surface area contributed by atoms with Gasteiger partial charge in [-0.1, -0.05) is 11.6 Å². The molecule has 1 aromatic carbocycles. The van der Waals surface area contributed by atoms with Crippen LogP contribution in [0, 0.1) is 0 Å². The first-order valence-electron chi connectivity index (χ1n) is 12.8. The minimum atomic E-state index is -4.94.